The van der Waals surface area contributed by atoms with Crippen molar-refractivity contribution in [1.29, 1.82) is 0 Å². The van der Waals surface area contributed by atoms with E-state index in [1.54, 1.807) is 0 Å². The van der Waals surface area contributed by atoms with Crippen LogP contribution in [0.2, 0.25) is 0 Å². The number of carbonyl (C=O) groups is 1. The van der Waals surface area contributed by atoms with Crippen LogP contribution in [0.5, 0.6) is 0 Å². The largest absolute Gasteiger partial charge is 0.306 e. The number of amides is 1. The van der Waals surface area contributed by atoms with Crippen LogP contribution in [-0.2, 0) is 0 Å². The van der Waals surface area contributed by atoms with Gasteiger partial charge in [0, 0.05) is 5.56 Å². The quantitative estimate of drug-likeness (QED) is 0.923. The van der Waals surface area contributed by atoms with Gasteiger partial charge < -0.3 is 5.32 Å². The van der Waals surface area contributed by atoms with Gasteiger partial charge >= 0.3 is 0 Å². The maximum absolute atomic E-state index is 12.8. The van der Waals surface area contributed by atoms with Crippen LogP contribution in [0.15, 0.2) is 41.0 Å². The van der Waals surface area contributed by atoms with Crippen molar-refractivity contribution < 1.29 is 13.6 Å². The molecule has 1 aromatic carbocycles. The predicted molar refractivity (Wildman–Crippen MR) is 66.2 cm³/mol. The van der Waals surface area contributed by atoms with Gasteiger partial charge in [0.05, 0.1) is 10.7 Å². The zero-order valence-electron chi connectivity index (χ0n) is 8.95. The number of rotatable bonds is 2. The second-order valence-electron chi connectivity index (χ2n) is 3.44. The maximum atomic E-state index is 12.8. The number of benzene rings is 1. The van der Waals surface area contributed by atoms with Crippen LogP contribution >= 0.6 is 15.9 Å². The fourth-order valence-corrected chi connectivity index (χ4v) is 1.71. The van der Waals surface area contributed by atoms with Gasteiger partial charge in [0.2, 0.25) is 0 Å². The molecule has 0 radical (unpaired) electrons. The number of anilines is 1. The van der Waals surface area contributed by atoms with Crippen molar-refractivity contribution in [2.24, 2.45) is 0 Å². The van der Waals surface area contributed by atoms with E-state index in [1.165, 1.54) is 30.3 Å². The Hall–Kier alpha value is -1.82. The van der Waals surface area contributed by atoms with Crippen molar-refractivity contribution in [3.8, 4) is 0 Å². The Morgan fingerprint density at radius 3 is 2.44 bits per heavy atom. The molecule has 0 aliphatic rings. The zero-order chi connectivity index (χ0) is 13.1. The molecule has 6 heteroatoms. The van der Waals surface area contributed by atoms with E-state index in [4.69, 9.17) is 0 Å². The Balaban J connectivity index is 2.18. The van der Waals surface area contributed by atoms with Gasteiger partial charge in [-0.15, -0.1) is 0 Å². The Labute approximate surface area is 110 Å². The Morgan fingerprint density at radius 1 is 1.17 bits per heavy atom. The van der Waals surface area contributed by atoms with E-state index in [0.717, 1.165) is 6.20 Å². The highest BCUT2D eigenvalue weighted by Crippen LogP contribution is 2.20. The minimum absolute atomic E-state index is 0.200. The maximum Gasteiger partial charge on any atom is 0.256 e. The smallest absolute Gasteiger partial charge is 0.256 e. The normalized spacial score (nSPS) is 10.2. The van der Waals surface area contributed by atoms with Crippen molar-refractivity contribution in [1.82, 2.24) is 4.98 Å². The Bertz CT molecular complexity index is 587. The zero-order valence-corrected chi connectivity index (χ0v) is 10.5. The number of nitrogens with zero attached hydrogens (tertiary/aromatic N) is 1. The van der Waals surface area contributed by atoms with Gasteiger partial charge in [0.1, 0.15) is 17.5 Å². The van der Waals surface area contributed by atoms with Gasteiger partial charge in [-0.3, -0.25) is 4.79 Å². The molecule has 0 atom stereocenters. The Morgan fingerprint density at radius 2 is 1.83 bits per heavy atom. The van der Waals surface area contributed by atoms with Crippen molar-refractivity contribution >= 4 is 27.7 Å². The summed E-state index contributed by atoms with van der Waals surface area (Å²) in [6.07, 6.45) is 0.991. The first kappa shape index (κ1) is 12.6. The van der Waals surface area contributed by atoms with E-state index in [1.807, 2.05) is 0 Å². The van der Waals surface area contributed by atoms with E-state index < -0.39 is 17.5 Å². The number of pyridine rings is 1. The molecule has 0 unspecified atom stereocenters. The summed E-state index contributed by atoms with van der Waals surface area (Å²) < 4.78 is 25.8. The predicted octanol–water partition coefficient (Wildman–Crippen LogP) is 3.37. The third kappa shape index (κ3) is 2.89. The van der Waals surface area contributed by atoms with Crippen LogP contribution in [0.25, 0.3) is 0 Å². The third-order valence-corrected chi connectivity index (χ3v) is 2.75. The van der Waals surface area contributed by atoms with Gasteiger partial charge in [-0.25, -0.2) is 13.8 Å². The van der Waals surface area contributed by atoms with Crippen molar-refractivity contribution in [3.05, 3.63) is 58.2 Å². The molecule has 18 heavy (non-hydrogen) atoms. The standard InChI is InChI=1S/C12H7BrF2N2O/c13-10-5-9(15)6-16-11(10)17-12(18)7-1-3-8(14)4-2-7/h1-6H,(H,16,17,18). The minimum Gasteiger partial charge on any atom is -0.306 e. The topological polar surface area (TPSA) is 42.0 Å². The average molecular weight is 313 g/mol. The summed E-state index contributed by atoms with van der Waals surface area (Å²) in [5, 5.41) is 2.49. The molecule has 2 rings (SSSR count). The molecule has 0 aliphatic carbocycles. The van der Waals surface area contributed by atoms with E-state index in [9.17, 15) is 13.6 Å². The van der Waals surface area contributed by atoms with E-state index >= 15 is 0 Å². The van der Waals surface area contributed by atoms with Gasteiger partial charge in [0.25, 0.3) is 5.91 Å². The number of hydrogen-bond acceptors (Lipinski definition) is 2. The first-order chi connectivity index (χ1) is 8.56. The van der Waals surface area contributed by atoms with Crippen molar-refractivity contribution in [2.45, 2.75) is 0 Å². The monoisotopic (exact) mass is 312 g/mol. The molecule has 92 valence electrons. The molecule has 0 spiro atoms. The van der Waals surface area contributed by atoms with E-state index in [-0.39, 0.29) is 11.4 Å². The Kier molecular flexibility index (Phi) is 3.66. The highest BCUT2D eigenvalue weighted by atomic mass is 79.9. The summed E-state index contributed by atoms with van der Waals surface area (Å²) in [6, 6.07) is 6.25. The summed E-state index contributed by atoms with van der Waals surface area (Å²) in [7, 11) is 0. The van der Waals surface area contributed by atoms with Gasteiger partial charge in [-0.2, -0.15) is 0 Å². The highest BCUT2D eigenvalue weighted by molar-refractivity contribution is 9.10. The summed E-state index contributed by atoms with van der Waals surface area (Å²) in [6.45, 7) is 0. The molecular weight excluding hydrogens is 306 g/mol. The van der Waals surface area contributed by atoms with Gasteiger partial charge in [-0.1, -0.05) is 0 Å². The second-order valence-corrected chi connectivity index (χ2v) is 4.30. The summed E-state index contributed by atoms with van der Waals surface area (Å²) >= 11 is 3.08. The molecule has 0 aliphatic heterocycles. The fourth-order valence-electron chi connectivity index (χ4n) is 1.29. The molecule has 0 saturated heterocycles. The van der Waals surface area contributed by atoms with Crippen LogP contribution in [0.4, 0.5) is 14.6 Å². The first-order valence-corrected chi connectivity index (χ1v) is 5.73. The lowest BCUT2D eigenvalue weighted by Crippen LogP contribution is -2.13. The van der Waals surface area contributed by atoms with Crippen LogP contribution in [0, 0.1) is 11.6 Å². The minimum atomic E-state index is -0.512. The number of hydrogen-bond donors (Lipinski definition) is 1. The van der Waals surface area contributed by atoms with E-state index in [0.29, 0.717) is 4.47 Å². The molecule has 0 fully saturated rings. The molecule has 2 aromatic rings. The van der Waals surface area contributed by atoms with Gasteiger partial charge in [-0.05, 0) is 46.3 Å². The molecule has 1 heterocycles. The first-order valence-electron chi connectivity index (χ1n) is 4.94. The summed E-state index contributed by atoms with van der Waals surface area (Å²) in [5.41, 5.74) is 0.287. The van der Waals surface area contributed by atoms with Crippen LogP contribution in [0.3, 0.4) is 0 Å². The van der Waals surface area contributed by atoms with Crippen LogP contribution in [-0.4, -0.2) is 10.9 Å². The van der Waals surface area contributed by atoms with Crippen molar-refractivity contribution in [2.75, 3.05) is 5.32 Å². The number of carbonyl (C=O) groups excluding carboxylic acids is 1. The highest BCUT2D eigenvalue weighted by Gasteiger charge is 2.10. The molecule has 3 nitrogen and oxygen atoms in total. The molecule has 1 aromatic heterocycles. The van der Waals surface area contributed by atoms with Crippen molar-refractivity contribution in [3.63, 3.8) is 0 Å². The molecular formula is C12H7BrF2N2O. The summed E-state index contributed by atoms with van der Waals surface area (Å²) in [5.74, 6) is -1.19. The molecule has 1 N–H and O–H groups in total. The lowest BCUT2D eigenvalue weighted by atomic mass is 10.2. The summed E-state index contributed by atoms with van der Waals surface area (Å²) in [4.78, 5) is 15.5. The fraction of sp³-hybridized carbons (Fsp3) is 0. The molecule has 1 amide bonds. The lowest BCUT2D eigenvalue weighted by molar-refractivity contribution is 0.102. The number of nitrogens with one attached hydrogen (secondary N) is 1. The van der Waals surface area contributed by atoms with Gasteiger partial charge in [0.15, 0.2) is 0 Å². The average Bonchev–Trinajstić information content (AvgIpc) is 2.33. The number of halogens is 3. The third-order valence-electron chi connectivity index (χ3n) is 2.15. The molecule has 0 saturated carbocycles. The molecule has 0 bridgehead atoms. The lowest BCUT2D eigenvalue weighted by Gasteiger charge is -2.06. The van der Waals surface area contributed by atoms with Crippen LogP contribution < -0.4 is 5.32 Å². The van der Waals surface area contributed by atoms with E-state index in [2.05, 4.69) is 26.2 Å². The SMILES string of the molecule is O=C(Nc1ncc(F)cc1Br)c1ccc(F)cc1. The van der Waals surface area contributed by atoms with Crippen LogP contribution in [0.1, 0.15) is 10.4 Å². The number of aromatic nitrogens is 1. The second kappa shape index (κ2) is 5.22.